The van der Waals surface area contributed by atoms with Gasteiger partial charge in [-0.15, -0.1) is 0 Å². The lowest BCUT2D eigenvalue weighted by molar-refractivity contribution is 0.0516. The molecule has 3 aromatic rings. The van der Waals surface area contributed by atoms with Crippen LogP contribution in [0.2, 0.25) is 10.0 Å². The molecular weight excluding hydrogens is 968 g/mol. The van der Waals surface area contributed by atoms with Gasteiger partial charge in [0.05, 0.1) is 68.7 Å². The van der Waals surface area contributed by atoms with E-state index in [1.807, 2.05) is 6.07 Å². The van der Waals surface area contributed by atoms with Gasteiger partial charge in [-0.3, -0.25) is 4.90 Å². The number of hydrogen-bond acceptors (Lipinski definition) is 14. The van der Waals surface area contributed by atoms with Crippen molar-refractivity contribution >= 4 is 55.3 Å². The number of unbranched alkanes of at least 4 members (excludes halogenated alkanes) is 1. The van der Waals surface area contributed by atoms with Crippen LogP contribution in [0.1, 0.15) is 42.9 Å². The quantitative estimate of drug-likeness (QED) is 0.0447. The minimum atomic E-state index is -3.80. The largest absolute Gasteiger partial charge is 0.508 e. The van der Waals surface area contributed by atoms with Gasteiger partial charge >= 0.3 is 12.1 Å². The molecule has 0 aromatic heterocycles. The standard InChI is InChI=1S/C44H64Cl2N8O12S2/c45-32-28-39-38(40(46)29-32)30-41(54-19-3-4-33(47)31-54)42(39)66-35-7-11-37(12-8-35)68(60,61)53-18-23-65-27-25-63-21-16-51-44(57)49-14-2-1-13-48-43(56)50-15-20-62-24-26-64-22-17-52-67(58,59)36-9-5-34(55)6-10-36/h5-12,28-29,33,41-42,52-53,55H,1-4,13-27,30-31,47H2,(H2,48,50,56)(H2,49,51,57)/t33-,41+,42+/m1/s1. The van der Waals surface area contributed by atoms with Gasteiger partial charge in [-0.05, 0) is 105 Å². The lowest BCUT2D eigenvalue weighted by Gasteiger charge is -2.38. The van der Waals surface area contributed by atoms with Crippen LogP contribution in [0.25, 0.3) is 0 Å². The molecule has 4 amide bonds. The Morgan fingerprint density at radius 1 is 0.676 bits per heavy atom. The molecule has 9 N–H and O–H groups in total. The number of sulfonamides is 2. The fraction of sp³-hybridized carbons (Fsp3) is 0.545. The van der Waals surface area contributed by atoms with Crippen molar-refractivity contribution in [1.29, 1.82) is 0 Å². The predicted octanol–water partition coefficient (Wildman–Crippen LogP) is 2.87. The molecule has 1 aliphatic carbocycles. The molecule has 0 bridgehead atoms. The molecule has 378 valence electrons. The molecule has 1 saturated heterocycles. The summed E-state index contributed by atoms with van der Waals surface area (Å²) in [6.07, 6.45) is 3.62. The molecule has 24 heteroatoms. The van der Waals surface area contributed by atoms with Crippen molar-refractivity contribution in [3.63, 3.8) is 0 Å². The molecule has 1 heterocycles. The number of benzene rings is 3. The minimum Gasteiger partial charge on any atom is -0.508 e. The number of likely N-dealkylation sites (tertiary alicyclic amines) is 1. The number of piperidine rings is 1. The summed E-state index contributed by atoms with van der Waals surface area (Å²) in [6.45, 7) is 5.04. The highest BCUT2D eigenvalue weighted by molar-refractivity contribution is 7.89. The molecule has 0 unspecified atom stereocenters. The fourth-order valence-corrected chi connectivity index (χ4v) is 10.1. The topological polar surface area (TPSA) is 270 Å². The first-order valence-corrected chi connectivity index (χ1v) is 26.3. The van der Waals surface area contributed by atoms with E-state index in [0.717, 1.165) is 37.1 Å². The van der Waals surface area contributed by atoms with E-state index in [1.54, 1.807) is 18.2 Å². The van der Waals surface area contributed by atoms with Gasteiger partial charge in [0.15, 0.2) is 0 Å². The van der Waals surface area contributed by atoms with E-state index < -0.39 is 20.0 Å². The Balaban J connectivity index is 0.808. The predicted molar refractivity (Wildman–Crippen MR) is 256 cm³/mol. The van der Waals surface area contributed by atoms with Gasteiger partial charge in [0, 0.05) is 67.5 Å². The number of nitrogens with two attached hydrogens (primary N) is 1. The number of urea groups is 2. The number of ether oxygens (including phenoxy) is 5. The number of phenolic OH excluding ortho intramolecular Hbond substituents is 1. The third kappa shape index (κ3) is 18.7. The highest BCUT2D eigenvalue weighted by Gasteiger charge is 2.40. The van der Waals surface area contributed by atoms with Gasteiger partial charge in [-0.25, -0.2) is 35.9 Å². The molecule has 3 aromatic carbocycles. The summed E-state index contributed by atoms with van der Waals surface area (Å²) < 4.78 is 83.5. The Morgan fingerprint density at radius 3 is 1.68 bits per heavy atom. The van der Waals surface area contributed by atoms with Gasteiger partial charge in [0.1, 0.15) is 17.6 Å². The van der Waals surface area contributed by atoms with Gasteiger partial charge in [0.25, 0.3) is 0 Å². The molecule has 3 atom stereocenters. The molecule has 1 fully saturated rings. The molecule has 0 spiro atoms. The minimum absolute atomic E-state index is 0.00870. The van der Waals surface area contributed by atoms with Crippen LogP contribution < -0.4 is 41.2 Å². The summed E-state index contributed by atoms with van der Waals surface area (Å²) in [6, 6.07) is 14.5. The maximum atomic E-state index is 13.0. The van der Waals surface area contributed by atoms with E-state index in [2.05, 4.69) is 35.6 Å². The number of halogens is 2. The van der Waals surface area contributed by atoms with Crippen LogP contribution in [0.5, 0.6) is 11.5 Å². The van der Waals surface area contributed by atoms with Crippen molar-refractivity contribution in [3.8, 4) is 11.5 Å². The number of rotatable bonds is 30. The Morgan fingerprint density at radius 2 is 1.16 bits per heavy atom. The Kier molecular flexibility index (Phi) is 23.1. The maximum absolute atomic E-state index is 13.0. The molecule has 0 radical (unpaired) electrons. The Labute approximate surface area is 408 Å². The number of phenols is 1. The Hall–Kier alpha value is -4.04. The molecule has 68 heavy (non-hydrogen) atoms. The SMILES string of the molecule is N[C@@H]1CCCN([C@H]2Cc3c(Cl)cc(Cl)cc3[C@@H]2Oc2ccc(S(=O)(=O)NCCOCCOCCNC(=O)NCCCCNC(=O)NCCOCCOCCNS(=O)(=O)c3ccc(O)cc3)cc2)C1. The van der Waals surface area contributed by atoms with Gasteiger partial charge < -0.3 is 55.8 Å². The maximum Gasteiger partial charge on any atom is 0.314 e. The third-order valence-corrected chi connectivity index (χ3v) is 14.3. The summed E-state index contributed by atoms with van der Waals surface area (Å²) in [5.41, 5.74) is 8.24. The second-order valence-electron chi connectivity index (χ2n) is 15.9. The normalized spacial score (nSPS) is 17.4. The van der Waals surface area contributed by atoms with Crippen LogP contribution in [0, 0.1) is 0 Å². The van der Waals surface area contributed by atoms with Crippen LogP contribution in [-0.4, -0.2) is 156 Å². The number of hydrogen-bond donors (Lipinski definition) is 8. The lowest BCUT2D eigenvalue weighted by Crippen LogP contribution is -2.49. The summed E-state index contributed by atoms with van der Waals surface area (Å²) in [7, 11) is -7.49. The van der Waals surface area contributed by atoms with Crippen LogP contribution in [0.3, 0.4) is 0 Å². The van der Waals surface area contributed by atoms with E-state index in [0.29, 0.717) is 48.1 Å². The number of carbonyl (C=O) groups excluding carboxylic acids is 2. The van der Waals surface area contributed by atoms with E-state index in [4.69, 9.17) is 52.6 Å². The summed E-state index contributed by atoms with van der Waals surface area (Å²) in [5.74, 6) is 0.494. The van der Waals surface area contributed by atoms with Crippen molar-refractivity contribution in [2.45, 2.75) is 60.1 Å². The van der Waals surface area contributed by atoms with Gasteiger partial charge in [-0.2, -0.15) is 0 Å². The number of carbonyl (C=O) groups is 2. The van der Waals surface area contributed by atoms with Gasteiger partial charge in [-0.1, -0.05) is 23.2 Å². The van der Waals surface area contributed by atoms with Crippen molar-refractivity contribution in [1.82, 2.24) is 35.6 Å². The van der Waals surface area contributed by atoms with Crippen LogP contribution in [0.15, 0.2) is 70.5 Å². The average Bonchev–Trinajstić information content (AvgIpc) is 3.66. The summed E-state index contributed by atoms with van der Waals surface area (Å²) in [4.78, 5) is 26.5. The molecule has 5 rings (SSSR count). The third-order valence-electron chi connectivity index (χ3n) is 10.8. The summed E-state index contributed by atoms with van der Waals surface area (Å²) >= 11 is 13.0. The molecule has 1 aliphatic heterocycles. The summed E-state index contributed by atoms with van der Waals surface area (Å²) in [5, 5.41) is 21.3. The lowest BCUT2D eigenvalue weighted by atomic mass is 10.0. The molecule has 20 nitrogen and oxygen atoms in total. The first-order chi connectivity index (χ1) is 32.7. The number of fused-ring (bicyclic) bond motifs is 1. The average molecular weight is 1030 g/mol. The number of nitrogens with one attached hydrogen (secondary N) is 6. The zero-order valence-electron chi connectivity index (χ0n) is 37.9. The number of aromatic hydroxyl groups is 1. The zero-order chi connectivity index (χ0) is 48.8. The van der Waals surface area contributed by atoms with E-state index in [1.165, 1.54) is 36.4 Å². The van der Waals surface area contributed by atoms with E-state index in [-0.39, 0.29) is 125 Å². The molecule has 2 aliphatic rings. The van der Waals surface area contributed by atoms with Gasteiger partial charge in [0.2, 0.25) is 20.0 Å². The fourth-order valence-electron chi connectivity index (χ4n) is 7.45. The second kappa shape index (κ2) is 28.6. The second-order valence-corrected chi connectivity index (χ2v) is 20.3. The van der Waals surface area contributed by atoms with Crippen molar-refractivity contribution < 1.29 is 55.2 Å². The highest BCUT2D eigenvalue weighted by Crippen LogP contribution is 2.43. The van der Waals surface area contributed by atoms with Crippen molar-refractivity contribution in [2.75, 3.05) is 105 Å². The number of nitrogens with zero attached hydrogens (tertiary/aromatic N) is 1. The first kappa shape index (κ1) is 54.9. The van der Waals surface area contributed by atoms with Crippen molar-refractivity contribution in [2.24, 2.45) is 5.73 Å². The Bertz CT molecular complexity index is 2250. The highest BCUT2D eigenvalue weighted by atomic mass is 35.5. The van der Waals surface area contributed by atoms with Crippen LogP contribution >= 0.6 is 23.2 Å². The number of amides is 4. The zero-order valence-corrected chi connectivity index (χ0v) is 41.0. The van der Waals surface area contributed by atoms with E-state index >= 15 is 0 Å². The van der Waals surface area contributed by atoms with Crippen molar-refractivity contribution in [3.05, 3.63) is 81.8 Å². The van der Waals surface area contributed by atoms with Crippen LogP contribution in [-0.2, 0) is 45.4 Å². The smallest absolute Gasteiger partial charge is 0.314 e. The molecule has 0 saturated carbocycles. The first-order valence-electron chi connectivity index (χ1n) is 22.6. The monoisotopic (exact) mass is 1030 g/mol. The van der Waals surface area contributed by atoms with Crippen LogP contribution in [0.4, 0.5) is 9.59 Å². The van der Waals surface area contributed by atoms with E-state index in [9.17, 15) is 31.5 Å². The molecular formula is C44H64Cl2N8O12S2.